The lowest BCUT2D eigenvalue weighted by molar-refractivity contribution is 0.0372. The van der Waals surface area contributed by atoms with E-state index >= 15 is 0 Å². The number of hydrogen-bond acceptors (Lipinski definition) is 7. The molecule has 0 radical (unpaired) electrons. The number of nitrogens with zero attached hydrogens (tertiary/aromatic N) is 2. The second-order valence-electron chi connectivity index (χ2n) is 6.09. The number of benzene rings is 2. The standard InChI is InChI=1S/C20H21N3O4/c1-12(2)27-20(24)18-19(23-17-8-6-5-7-16(17)22-18)21-13-9-14(25-3)11-15(10-13)26-4/h5-12H,1-4H3,(H,21,23). The van der Waals surface area contributed by atoms with E-state index in [-0.39, 0.29) is 11.8 Å². The lowest BCUT2D eigenvalue weighted by Crippen LogP contribution is -2.16. The van der Waals surface area contributed by atoms with Crippen LogP contribution < -0.4 is 14.8 Å². The molecule has 0 spiro atoms. The van der Waals surface area contributed by atoms with Gasteiger partial charge in [0.1, 0.15) is 11.5 Å². The first-order valence-electron chi connectivity index (χ1n) is 8.48. The number of anilines is 2. The summed E-state index contributed by atoms with van der Waals surface area (Å²) < 4.78 is 15.9. The highest BCUT2D eigenvalue weighted by Gasteiger charge is 2.19. The summed E-state index contributed by atoms with van der Waals surface area (Å²) >= 11 is 0. The van der Waals surface area contributed by atoms with Gasteiger partial charge in [-0.05, 0) is 26.0 Å². The van der Waals surface area contributed by atoms with Gasteiger partial charge in [0.25, 0.3) is 0 Å². The Morgan fingerprint density at radius 2 is 1.56 bits per heavy atom. The Bertz CT molecular complexity index is 950. The molecule has 0 bridgehead atoms. The molecular formula is C20H21N3O4. The van der Waals surface area contributed by atoms with Crippen molar-refractivity contribution in [3.63, 3.8) is 0 Å². The Morgan fingerprint density at radius 3 is 2.11 bits per heavy atom. The van der Waals surface area contributed by atoms with Crippen molar-refractivity contribution in [3.8, 4) is 11.5 Å². The van der Waals surface area contributed by atoms with E-state index in [1.165, 1.54) is 0 Å². The molecule has 3 aromatic rings. The molecular weight excluding hydrogens is 346 g/mol. The van der Waals surface area contributed by atoms with Crippen molar-refractivity contribution < 1.29 is 19.0 Å². The van der Waals surface area contributed by atoms with Crippen LogP contribution in [0.3, 0.4) is 0 Å². The highest BCUT2D eigenvalue weighted by Crippen LogP contribution is 2.29. The number of ether oxygens (including phenoxy) is 3. The first-order valence-corrected chi connectivity index (χ1v) is 8.48. The molecule has 0 fully saturated rings. The van der Waals surface area contributed by atoms with Crippen LogP contribution in [0.4, 0.5) is 11.5 Å². The number of carbonyl (C=O) groups is 1. The first-order chi connectivity index (χ1) is 13.0. The zero-order valence-electron chi connectivity index (χ0n) is 15.6. The summed E-state index contributed by atoms with van der Waals surface area (Å²) in [6.07, 6.45) is -0.268. The van der Waals surface area contributed by atoms with Gasteiger partial charge in [-0.3, -0.25) is 0 Å². The minimum atomic E-state index is -0.541. The number of rotatable bonds is 6. The normalized spacial score (nSPS) is 10.7. The lowest BCUT2D eigenvalue weighted by atomic mass is 10.2. The summed E-state index contributed by atoms with van der Waals surface area (Å²) in [4.78, 5) is 21.5. The third kappa shape index (κ3) is 4.25. The van der Waals surface area contributed by atoms with Crippen molar-refractivity contribution in [2.75, 3.05) is 19.5 Å². The molecule has 3 rings (SSSR count). The maximum atomic E-state index is 12.5. The molecule has 0 unspecified atom stereocenters. The quantitative estimate of drug-likeness (QED) is 0.660. The van der Waals surface area contributed by atoms with Crippen molar-refractivity contribution >= 4 is 28.5 Å². The Balaban J connectivity index is 2.07. The van der Waals surface area contributed by atoms with Crippen LogP contribution in [0.5, 0.6) is 11.5 Å². The number of fused-ring (bicyclic) bond motifs is 1. The van der Waals surface area contributed by atoms with E-state index in [4.69, 9.17) is 14.2 Å². The van der Waals surface area contributed by atoms with Crippen LogP contribution in [0.15, 0.2) is 42.5 Å². The van der Waals surface area contributed by atoms with Crippen molar-refractivity contribution in [1.29, 1.82) is 0 Å². The second-order valence-corrected chi connectivity index (χ2v) is 6.09. The second kappa shape index (κ2) is 7.90. The maximum absolute atomic E-state index is 12.5. The number of methoxy groups -OCH3 is 2. The van der Waals surface area contributed by atoms with Crippen LogP contribution in [0.2, 0.25) is 0 Å². The average Bonchev–Trinajstić information content (AvgIpc) is 2.66. The SMILES string of the molecule is COc1cc(Nc2nc3ccccc3nc2C(=O)OC(C)C)cc(OC)c1. The molecule has 2 aromatic carbocycles. The molecule has 0 saturated carbocycles. The smallest absolute Gasteiger partial charge is 0.361 e. The van der Waals surface area contributed by atoms with Crippen LogP contribution in [-0.2, 0) is 4.74 Å². The van der Waals surface area contributed by atoms with E-state index in [2.05, 4.69) is 15.3 Å². The summed E-state index contributed by atoms with van der Waals surface area (Å²) in [5.41, 5.74) is 2.04. The van der Waals surface area contributed by atoms with E-state index in [9.17, 15) is 4.79 Å². The van der Waals surface area contributed by atoms with Crippen LogP contribution in [0.1, 0.15) is 24.3 Å². The molecule has 1 aromatic heterocycles. The fourth-order valence-corrected chi connectivity index (χ4v) is 2.52. The fraction of sp³-hybridized carbons (Fsp3) is 0.250. The van der Waals surface area contributed by atoms with Crippen molar-refractivity contribution in [1.82, 2.24) is 9.97 Å². The van der Waals surface area contributed by atoms with Gasteiger partial charge in [0.2, 0.25) is 0 Å². The van der Waals surface area contributed by atoms with Gasteiger partial charge in [-0.1, -0.05) is 12.1 Å². The molecule has 0 aliphatic heterocycles. The van der Waals surface area contributed by atoms with Gasteiger partial charge in [-0.2, -0.15) is 0 Å². The predicted molar refractivity (Wildman–Crippen MR) is 103 cm³/mol. The lowest BCUT2D eigenvalue weighted by Gasteiger charge is -2.14. The molecule has 7 heteroatoms. The number of para-hydroxylation sites is 2. The highest BCUT2D eigenvalue weighted by atomic mass is 16.5. The summed E-state index contributed by atoms with van der Waals surface area (Å²) in [5, 5.41) is 3.13. The van der Waals surface area contributed by atoms with Crippen molar-refractivity contribution in [3.05, 3.63) is 48.2 Å². The van der Waals surface area contributed by atoms with Gasteiger partial charge >= 0.3 is 5.97 Å². The Hall–Kier alpha value is -3.35. The zero-order valence-corrected chi connectivity index (χ0v) is 15.6. The molecule has 0 saturated heterocycles. The van der Waals surface area contributed by atoms with Crippen LogP contribution in [-0.4, -0.2) is 36.3 Å². The van der Waals surface area contributed by atoms with Gasteiger partial charge in [0, 0.05) is 23.9 Å². The Kier molecular flexibility index (Phi) is 5.40. The van der Waals surface area contributed by atoms with E-state index in [1.54, 1.807) is 52.3 Å². The van der Waals surface area contributed by atoms with Crippen LogP contribution in [0.25, 0.3) is 11.0 Å². The number of esters is 1. The van der Waals surface area contributed by atoms with E-state index in [0.717, 1.165) is 0 Å². The monoisotopic (exact) mass is 367 g/mol. The van der Waals surface area contributed by atoms with Gasteiger partial charge in [0.15, 0.2) is 11.5 Å². The van der Waals surface area contributed by atoms with Crippen LogP contribution in [0, 0.1) is 0 Å². The summed E-state index contributed by atoms with van der Waals surface area (Å²) in [6.45, 7) is 3.57. The van der Waals surface area contributed by atoms with E-state index in [0.29, 0.717) is 34.0 Å². The first kappa shape index (κ1) is 18.4. The predicted octanol–water partition coefficient (Wildman–Crippen LogP) is 3.96. The third-order valence-electron chi connectivity index (χ3n) is 3.72. The summed E-state index contributed by atoms with van der Waals surface area (Å²) in [6, 6.07) is 12.6. The molecule has 140 valence electrons. The Labute approximate surface area is 157 Å². The fourth-order valence-electron chi connectivity index (χ4n) is 2.52. The number of hydrogen-bond donors (Lipinski definition) is 1. The summed E-state index contributed by atoms with van der Waals surface area (Å²) in [7, 11) is 3.14. The molecule has 0 atom stereocenters. The van der Waals surface area contributed by atoms with Crippen LogP contribution >= 0.6 is 0 Å². The summed E-state index contributed by atoms with van der Waals surface area (Å²) in [5.74, 6) is 0.976. The largest absolute Gasteiger partial charge is 0.497 e. The van der Waals surface area contributed by atoms with Crippen molar-refractivity contribution in [2.45, 2.75) is 20.0 Å². The number of carbonyl (C=O) groups excluding carboxylic acids is 1. The van der Waals surface area contributed by atoms with E-state index < -0.39 is 5.97 Å². The van der Waals surface area contributed by atoms with E-state index in [1.807, 2.05) is 18.2 Å². The zero-order chi connectivity index (χ0) is 19.4. The molecule has 0 amide bonds. The van der Waals surface area contributed by atoms with Gasteiger partial charge in [-0.15, -0.1) is 0 Å². The Morgan fingerprint density at radius 1 is 0.963 bits per heavy atom. The molecule has 0 aliphatic rings. The molecule has 1 N–H and O–H groups in total. The topological polar surface area (TPSA) is 82.6 Å². The highest BCUT2D eigenvalue weighted by molar-refractivity contribution is 5.96. The van der Waals surface area contributed by atoms with Gasteiger partial charge in [0.05, 0.1) is 31.4 Å². The number of aromatic nitrogens is 2. The average molecular weight is 367 g/mol. The number of nitrogens with one attached hydrogen (secondary N) is 1. The minimum Gasteiger partial charge on any atom is -0.497 e. The molecule has 7 nitrogen and oxygen atoms in total. The van der Waals surface area contributed by atoms with Gasteiger partial charge < -0.3 is 19.5 Å². The van der Waals surface area contributed by atoms with Crippen molar-refractivity contribution in [2.24, 2.45) is 0 Å². The molecule has 0 aliphatic carbocycles. The molecule has 27 heavy (non-hydrogen) atoms. The third-order valence-corrected chi connectivity index (χ3v) is 3.72. The minimum absolute atomic E-state index is 0.115. The maximum Gasteiger partial charge on any atom is 0.361 e. The van der Waals surface area contributed by atoms with Gasteiger partial charge in [-0.25, -0.2) is 14.8 Å². The molecule has 1 heterocycles.